The highest BCUT2D eigenvalue weighted by Crippen LogP contribution is 2.29. The molecule has 0 aliphatic heterocycles. The van der Waals surface area contributed by atoms with E-state index in [1.54, 1.807) is 6.92 Å². The molecule has 1 aliphatic carbocycles. The fraction of sp³-hybridized carbons (Fsp3) is 0.700. The molecule has 0 saturated heterocycles. The first-order chi connectivity index (χ1) is 5.25. The van der Waals surface area contributed by atoms with Crippen LogP contribution >= 0.6 is 0 Å². The van der Waals surface area contributed by atoms with Crippen LogP contribution in [0, 0.1) is 24.2 Å². The number of hydrogen-bond acceptors (Lipinski definition) is 1. The molecule has 1 saturated carbocycles. The van der Waals surface area contributed by atoms with Crippen molar-refractivity contribution in [2.75, 3.05) is 0 Å². The Morgan fingerprint density at radius 2 is 2.09 bits per heavy atom. The van der Waals surface area contributed by atoms with Crippen LogP contribution in [0.25, 0.3) is 0 Å². The Hall–Kier alpha value is -0.770. The van der Waals surface area contributed by atoms with E-state index in [-0.39, 0.29) is 17.6 Å². The van der Waals surface area contributed by atoms with Gasteiger partial charge in [-0.25, -0.2) is 0 Å². The molecular weight excluding hydrogens is 136 g/mol. The first kappa shape index (κ1) is 8.33. The summed E-state index contributed by atoms with van der Waals surface area (Å²) in [5.74, 6) is 3.37. The highest BCUT2D eigenvalue weighted by atomic mass is 16.1. The SMILES string of the molecule is C#CC1CCCCC1C(C)=O. The lowest BCUT2D eigenvalue weighted by Gasteiger charge is -2.25. The lowest BCUT2D eigenvalue weighted by Crippen LogP contribution is -2.24. The molecule has 11 heavy (non-hydrogen) atoms. The van der Waals surface area contributed by atoms with Crippen molar-refractivity contribution in [2.24, 2.45) is 11.8 Å². The van der Waals surface area contributed by atoms with Crippen molar-refractivity contribution >= 4 is 5.78 Å². The molecule has 0 aromatic rings. The van der Waals surface area contributed by atoms with Crippen molar-refractivity contribution < 1.29 is 4.79 Å². The summed E-state index contributed by atoms with van der Waals surface area (Å²) in [5, 5.41) is 0. The standard InChI is InChI=1S/C10H14O/c1-3-9-6-4-5-7-10(9)8(2)11/h1,9-10H,4-7H2,2H3. The summed E-state index contributed by atoms with van der Waals surface area (Å²) in [7, 11) is 0. The van der Waals surface area contributed by atoms with Gasteiger partial charge >= 0.3 is 0 Å². The number of carbonyl (C=O) groups is 1. The minimum Gasteiger partial charge on any atom is -0.300 e. The number of hydrogen-bond donors (Lipinski definition) is 0. The number of ketones is 1. The van der Waals surface area contributed by atoms with Crippen LogP contribution in [0.2, 0.25) is 0 Å². The van der Waals surface area contributed by atoms with Gasteiger partial charge < -0.3 is 0 Å². The van der Waals surface area contributed by atoms with E-state index < -0.39 is 0 Å². The molecule has 2 atom stereocenters. The number of rotatable bonds is 1. The summed E-state index contributed by atoms with van der Waals surface area (Å²) >= 11 is 0. The maximum atomic E-state index is 11.1. The maximum Gasteiger partial charge on any atom is 0.134 e. The molecule has 0 N–H and O–H groups in total. The smallest absolute Gasteiger partial charge is 0.134 e. The third-order valence-corrected chi connectivity index (χ3v) is 2.50. The Labute approximate surface area is 68.2 Å². The van der Waals surface area contributed by atoms with Gasteiger partial charge in [0.2, 0.25) is 0 Å². The van der Waals surface area contributed by atoms with Gasteiger partial charge in [-0.15, -0.1) is 12.3 Å². The van der Waals surface area contributed by atoms with E-state index in [0.717, 1.165) is 12.8 Å². The topological polar surface area (TPSA) is 17.1 Å². The molecule has 0 bridgehead atoms. The molecule has 60 valence electrons. The van der Waals surface area contributed by atoms with Crippen molar-refractivity contribution in [2.45, 2.75) is 32.6 Å². The Balaban J connectivity index is 2.60. The van der Waals surface area contributed by atoms with Crippen molar-refractivity contribution in [3.63, 3.8) is 0 Å². The summed E-state index contributed by atoms with van der Waals surface area (Å²) in [6.07, 6.45) is 9.74. The number of carbonyl (C=O) groups excluding carboxylic acids is 1. The minimum atomic E-state index is 0.161. The summed E-state index contributed by atoms with van der Waals surface area (Å²) in [6, 6.07) is 0. The molecule has 0 amide bonds. The van der Waals surface area contributed by atoms with E-state index >= 15 is 0 Å². The molecular formula is C10H14O. The van der Waals surface area contributed by atoms with Gasteiger partial charge in [0.15, 0.2) is 0 Å². The van der Waals surface area contributed by atoms with Crippen LogP contribution in [-0.2, 0) is 4.79 Å². The molecule has 1 fully saturated rings. The van der Waals surface area contributed by atoms with Gasteiger partial charge in [0, 0.05) is 11.8 Å². The zero-order valence-corrected chi connectivity index (χ0v) is 6.97. The predicted molar refractivity (Wildman–Crippen MR) is 45.0 cm³/mol. The average Bonchev–Trinajstić information content (AvgIpc) is 2.04. The Bertz CT molecular complexity index is 188. The molecule has 0 radical (unpaired) electrons. The molecule has 1 heteroatoms. The van der Waals surface area contributed by atoms with Crippen molar-refractivity contribution in [1.29, 1.82) is 0 Å². The fourth-order valence-corrected chi connectivity index (χ4v) is 1.82. The molecule has 0 aromatic carbocycles. The average molecular weight is 150 g/mol. The third kappa shape index (κ3) is 1.83. The number of Topliss-reactive ketones (excluding diaryl/α,β-unsaturated/α-hetero) is 1. The van der Waals surface area contributed by atoms with E-state index in [1.165, 1.54) is 12.8 Å². The molecule has 1 nitrogen and oxygen atoms in total. The predicted octanol–water partition coefficient (Wildman–Crippen LogP) is 2.01. The van der Waals surface area contributed by atoms with E-state index in [4.69, 9.17) is 6.42 Å². The zero-order valence-electron chi connectivity index (χ0n) is 6.97. The van der Waals surface area contributed by atoms with Crippen LogP contribution in [0.5, 0.6) is 0 Å². The van der Waals surface area contributed by atoms with Gasteiger partial charge in [0.25, 0.3) is 0 Å². The van der Waals surface area contributed by atoms with Crippen molar-refractivity contribution in [3.8, 4) is 12.3 Å². The van der Waals surface area contributed by atoms with Gasteiger partial charge in [-0.2, -0.15) is 0 Å². The third-order valence-electron chi connectivity index (χ3n) is 2.50. The van der Waals surface area contributed by atoms with Crippen LogP contribution in [0.1, 0.15) is 32.6 Å². The van der Waals surface area contributed by atoms with E-state index in [9.17, 15) is 4.79 Å². The monoisotopic (exact) mass is 150 g/mol. The lowest BCUT2D eigenvalue weighted by atomic mass is 9.78. The van der Waals surface area contributed by atoms with Gasteiger partial charge in [0.1, 0.15) is 5.78 Å². The van der Waals surface area contributed by atoms with Gasteiger partial charge in [-0.3, -0.25) is 4.79 Å². The molecule has 0 heterocycles. The van der Waals surface area contributed by atoms with E-state index in [2.05, 4.69) is 5.92 Å². The second-order valence-corrected chi connectivity index (χ2v) is 3.27. The summed E-state index contributed by atoms with van der Waals surface area (Å²) in [6.45, 7) is 1.65. The summed E-state index contributed by atoms with van der Waals surface area (Å²) < 4.78 is 0. The quantitative estimate of drug-likeness (QED) is 0.522. The zero-order chi connectivity index (χ0) is 8.27. The van der Waals surface area contributed by atoms with Crippen LogP contribution in [-0.4, -0.2) is 5.78 Å². The van der Waals surface area contributed by atoms with Crippen LogP contribution in [0.4, 0.5) is 0 Å². The van der Waals surface area contributed by atoms with Crippen molar-refractivity contribution in [1.82, 2.24) is 0 Å². The highest BCUT2D eigenvalue weighted by Gasteiger charge is 2.26. The Kier molecular flexibility index (Phi) is 2.70. The first-order valence-corrected chi connectivity index (χ1v) is 4.22. The first-order valence-electron chi connectivity index (χ1n) is 4.22. The van der Waals surface area contributed by atoms with Crippen LogP contribution < -0.4 is 0 Å². The highest BCUT2D eigenvalue weighted by molar-refractivity contribution is 5.79. The largest absolute Gasteiger partial charge is 0.300 e. The molecule has 2 unspecified atom stereocenters. The van der Waals surface area contributed by atoms with Crippen LogP contribution in [0.15, 0.2) is 0 Å². The second-order valence-electron chi connectivity index (χ2n) is 3.27. The van der Waals surface area contributed by atoms with Crippen molar-refractivity contribution in [3.05, 3.63) is 0 Å². The summed E-state index contributed by atoms with van der Waals surface area (Å²) in [5.41, 5.74) is 0. The van der Waals surface area contributed by atoms with Gasteiger partial charge in [-0.1, -0.05) is 12.8 Å². The van der Waals surface area contributed by atoms with E-state index in [0.29, 0.717) is 0 Å². The maximum absolute atomic E-state index is 11.1. The van der Waals surface area contributed by atoms with Gasteiger partial charge in [0.05, 0.1) is 0 Å². The Morgan fingerprint density at radius 1 is 1.45 bits per heavy atom. The molecule has 1 rings (SSSR count). The lowest BCUT2D eigenvalue weighted by molar-refractivity contribution is -0.122. The second kappa shape index (κ2) is 3.57. The van der Waals surface area contributed by atoms with Gasteiger partial charge in [-0.05, 0) is 19.8 Å². The molecule has 0 spiro atoms. The summed E-state index contributed by atoms with van der Waals surface area (Å²) in [4.78, 5) is 11.1. The molecule has 1 aliphatic rings. The molecule has 0 aromatic heterocycles. The minimum absolute atomic E-state index is 0.161. The fourth-order valence-electron chi connectivity index (χ4n) is 1.82. The van der Waals surface area contributed by atoms with E-state index in [1.807, 2.05) is 0 Å². The Morgan fingerprint density at radius 3 is 2.55 bits per heavy atom. The number of terminal acetylenes is 1. The normalized spacial score (nSPS) is 30.9. The van der Waals surface area contributed by atoms with Crippen LogP contribution in [0.3, 0.4) is 0 Å².